The van der Waals surface area contributed by atoms with E-state index in [0.29, 0.717) is 17.8 Å². The van der Waals surface area contributed by atoms with Gasteiger partial charge >= 0.3 is 0 Å². The highest BCUT2D eigenvalue weighted by atomic mass is 32.2. The van der Waals surface area contributed by atoms with Crippen molar-refractivity contribution in [3.05, 3.63) is 131 Å². The number of rotatable bonds is 13. The minimum Gasteiger partial charge on any atom is -0.354 e. The molecule has 1 N–H and O–H groups in total. The molecule has 230 valence electrons. The molecule has 0 aliphatic carbocycles. The van der Waals surface area contributed by atoms with E-state index < -0.39 is 28.5 Å². The molecule has 0 aromatic heterocycles. The van der Waals surface area contributed by atoms with Crippen molar-refractivity contribution in [1.82, 2.24) is 10.2 Å². The van der Waals surface area contributed by atoms with Gasteiger partial charge in [0.25, 0.3) is 10.0 Å². The number of aryl methyl sites for hydroxylation is 2. The van der Waals surface area contributed by atoms with Crippen molar-refractivity contribution < 1.29 is 18.0 Å². The van der Waals surface area contributed by atoms with Crippen molar-refractivity contribution in [2.24, 2.45) is 5.92 Å². The number of para-hydroxylation sites is 1. The van der Waals surface area contributed by atoms with E-state index in [1.807, 2.05) is 94.4 Å². The van der Waals surface area contributed by atoms with Gasteiger partial charge in [0, 0.05) is 19.5 Å². The molecule has 4 aromatic rings. The molecule has 2 amide bonds. The predicted octanol–water partition coefficient (Wildman–Crippen LogP) is 5.91. The molecular formula is C36H41N3O4S. The van der Waals surface area contributed by atoms with Gasteiger partial charge in [0.1, 0.15) is 12.6 Å². The van der Waals surface area contributed by atoms with Crippen LogP contribution in [0.5, 0.6) is 0 Å². The molecule has 1 atom stereocenters. The molecule has 0 aliphatic heterocycles. The van der Waals surface area contributed by atoms with Gasteiger partial charge in [0.2, 0.25) is 11.8 Å². The lowest BCUT2D eigenvalue weighted by Gasteiger charge is -2.34. The van der Waals surface area contributed by atoms with E-state index >= 15 is 0 Å². The van der Waals surface area contributed by atoms with Crippen LogP contribution in [0.1, 0.15) is 36.1 Å². The number of nitrogens with one attached hydrogen (secondary N) is 1. The first-order chi connectivity index (χ1) is 21.1. The summed E-state index contributed by atoms with van der Waals surface area (Å²) in [5, 5.41) is 3.02. The molecule has 4 rings (SSSR count). The van der Waals surface area contributed by atoms with Gasteiger partial charge in [0.15, 0.2) is 0 Å². The molecule has 0 bridgehead atoms. The highest BCUT2D eigenvalue weighted by molar-refractivity contribution is 7.92. The largest absolute Gasteiger partial charge is 0.354 e. The monoisotopic (exact) mass is 611 g/mol. The molecule has 44 heavy (non-hydrogen) atoms. The van der Waals surface area contributed by atoms with Crippen LogP contribution in [0.25, 0.3) is 0 Å². The molecule has 0 aliphatic rings. The molecule has 8 heteroatoms. The first kappa shape index (κ1) is 32.5. The zero-order valence-corrected chi connectivity index (χ0v) is 26.6. The Balaban J connectivity index is 1.79. The molecule has 0 unspecified atom stereocenters. The molecule has 0 spiro atoms. The maximum atomic E-state index is 14.5. The molecule has 0 heterocycles. The van der Waals surface area contributed by atoms with E-state index in [1.54, 1.807) is 30.3 Å². The third-order valence-electron chi connectivity index (χ3n) is 7.42. The number of hydrogen-bond donors (Lipinski definition) is 1. The summed E-state index contributed by atoms with van der Waals surface area (Å²) >= 11 is 0. The number of amides is 2. The lowest BCUT2D eigenvalue weighted by Crippen LogP contribution is -2.53. The first-order valence-corrected chi connectivity index (χ1v) is 16.3. The quantitative estimate of drug-likeness (QED) is 0.204. The maximum absolute atomic E-state index is 14.5. The molecule has 0 radical (unpaired) electrons. The fourth-order valence-corrected chi connectivity index (χ4v) is 6.44. The number of hydrogen-bond acceptors (Lipinski definition) is 4. The average molecular weight is 612 g/mol. The van der Waals surface area contributed by atoms with Crippen molar-refractivity contribution in [2.45, 2.75) is 51.6 Å². The maximum Gasteiger partial charge on any atom is 0.264 e. The van der Waals surface area contributed by atoms with Crippen LogP contribution in [0, 0.1) is 19.8 Å². The number of benzene rings is 4. The fourth-order valence-electron chi connectivity index (χ4n) is 4.94. The number of carbonyl (C=O) groups is 2. The Morgan fingerprint density at radius 1 is 0.750 bits per heavy atom. The summed E-state index contributed by atoms with van der Waals surface area (Å²) in [5.74, 6) is -0.546. The third kappa shape index (κ3) is 8.35. The van der Waals surface area contributed by atoms with Gasteiger partial charge in [-0.25, -0.2) is 8.42 Å². The number of nitrogens with zero attached hydrogens (tertiary/aromatic N) is 2. The zero-order chi connectivity index (χ0) is 31.7. The minimum absolute atomic E-state index is 0.0802. The smallest absolute Gasteiger partial charge is 0.264 e. The van der Waals surface area contributed by atoms with Crippen molar-refractivity contribution >= 4 is 27.5 Å². The Morgan fingerprint density at radius 3 is 1.95 bits per heavy atom. The first-order valence-electron chi connectivity index (χ1n) is 14.9. The third-order valence-corrected chi connectivity index (χ3v) is 9.20. The SMILES string of the molecule is Cc1ccc(CN(C(=O)CN(c2ccccc2C)S(=O)(=O)c2ccccc2)[C@H](Cc2ccccc2)C(=O)NCC(C)C)cc1. The Bertz CT molecular complexity index is 1640. The van der Waals surface area contributed by atoms with Crippen LogP contribution in [0.4, 0.5) is 5.69 Å². The zero-order valence-electron chi connectivity index (χ0n) is 25.8. The van der Waals surface area contributed by atoms with E-state index in [4.69, 9.17) is 0 Å². The van der Waals surface area contributed by atoms with Gasteiger partial charge in [-0.2, -0.15) is 0 Å². The van der Waals surface area contributed by atoms with Crippen molar-refractivity contribution in [3.63, 3.8) is 0 Å². The van der Waals surface area contributed by atoms with Crippen LogP contribution >= 0.6 is 0 Å². The van der Waals surface area contributed by atoms with Crippen LogP contribution < -0.4 is 9.62 Å². The molecule has 4 aromatic carbocycles. The summed E-state index contributed by atoms with van der Waals surface area (Å²) in [6, 6.07) is 31.7. The van der Waals surface area contributed by atoms with Crippen LogP contribution in [0.2, 0.25) is 0 Å². The topological polar surface area (TPSA) is 86.8 Å². The highest BCUT2D eigenvalue weighted by Crippen LogP contribution is 2.27. The molecule has 0 fully saturated rings. The predicted molar refractivity (Wildman–Crippen MR) is 176 cm³/mol. The lowest BCUT2D eigenvalue weighted by molar-refractivity contribution is -0.140. The summed E-state index contributed by atoms with van der Waals surface area (Å²) in [7, 11) is -4.12. The fraction of sp³-hybridized carbons (Fsp3) is 0.278. The van der Waals surface area contributed by atoms with Crippen LogP contribution in [0.15, 0.2) is 114 Å². The van der Waals surface area contributed by atoms with Gasteiger partial charge < -0.3 is 10.2 Å². The lowest BCUT2D eigenvalue weighted by atomic mass is 10.0. The van der Waals surface area contributed by atoms with Crippen LogP contribution in [-0.2, 0) is 32.6 Å². The van der Waals surface area contributed by atoms with Gasteiger partial charge in [-0.1, -0.05) is 110 Å². The van der Waals surface area contributed by atoms with Gasteiger partial charge in [-0.3, -0.25) is 13.9 Å². The molecule has 7 nitrogen and oxygen atoms in total. The Morgan fingerprint density at radius 2 is 1.34 bits per heavy atom. The molecular weight excluding hydrogens is 570 g/mol. The Hall–Kier alpha value is -4.43. The van der Waals surface area contributed by atoms with Crippen LogP contribution in [-0.4, -0.2) is 44.3 Å². The number of sulfonamides is 1. The van der Waals surface area contributed by atoms with E-state index in [2.05, 4.69) is 5.32 Å². The normalized spacial score (nSPS) is 12.0. The minimum atomic E-state index is -4.12. The van der Waals surface area contributed by atoms with E-state index in [-0.39, 0.29) is 29.7 Å². The second-order valence-electron chi connectivity index (χ2n) is 11.5. The van der Waals surface area contributed by atoms with E-state index in [0.717, 1.165) is 21.0 Å². The second-order valence-corrected chi connectivity index (χ2v) is 13.3. The van der Waals surface area contributed by atoms with E-state index in [9.17, 15) is 18.0 Å². The Kier molecular flexibility index (Phi) is 11.0. The second kappa shape index (κ2) is 14.8. The molecule has 0 saturated carbocycles. The summed E-state index contributed by atoms with van der Waals surface area (Å²) in [6.45, 7) is 7.93. The summed E-state index contributed by atoms with van der Waals surface area (Å²) < 4.78 is 29.3. The van der Waals surface area contributed by atoms with Gasteiger partial charge in [-0.15, -0.1) is 0 Å². The number of anilines is 1. The van der Waals surface area contributed by atoms with E-state index in [1.165, 1.54) is 17.0 Å². The summed E-state index contributed by atoms with van der Waals surface area (Å²) in [6.07, 6.45) is 0.276. The van der Waals surface area contributed by atoms with Gasteiger partial charge in [-0.05, 0) is 54.7 Å². The van der Waals surface area contributed by atoms with Crippen molar-refractivity contribution in [2.75, 3.05) is 17.4 Å². The molecule has 0 saturated heterocycles. The summed E-state index contributed by atoms with van der Waals surface area (Å²) in [4.78, 5) is 29.9. The number of carbonyl (C=O) groups excluding carboxylic acids is 2. The average Bonchev–Trinajstić information content (AvgIpc) is 3.02. The van der Waals surface area contributed by atoms with Gasteiger partial charge in [0.05, 0.1) is 10.6 Å². The van der Waals surface area contributed by atoms with Crippen molar-refractivity contribution in [1.29, 1.82) is 0 Å². The van der Waals surface area contributed by atoms with Crippen LogP contribution in [0.3, 0.4) is 0 Å². The Labute approximate surface area is 261 Å². The van der Waals surface area contributed by atoms with Crippen molar-refractivity contribution in [3.8, 4) is 0 Å². The highest BCUT2D eigenvalue weighted by Gasteiger charge is 2.35. The standard InChI is InChI=1S/C36H41N3O4S/c1-27(2)24-37-36(41)34(23-30-14-7-5-8-15-30)38(25-31-21-19-28(3)20-22-31)35(40)26-39(33-18-12-11-13-29(33)4)44(42,43)32-16-9-6-10-17-32/h5-22,27,34H,23-26H2,1-4H3,(H,37,41)/t34-/m1/s1. The summed E-state index contributed by atoms with van der Waals surface area (Å²) in [5.41, 5.74) is 3.92.